The Morgan fingerprint density at radius 2 is 2.33 bits per heavy atom. The highest BCUT2D eigenvalue weighted by Gasteiger charge is 2.28. The van der Waals surface area contributed by atoms with Gasteiger partial charge in [0.05, 0.1) is 12.1 Å². The van der Waals surface area contributed by atoms with Crippen LogP contribution in [0, 0.1) is 16.7 Å². The molecule has 80 valence electrons. The Labute approximate surface area is 93.7 Å². The predicted octanol–water partition coefficient (Wildman–Crippen LogP) is 2.48. The summed E-state index contributed by atoms with van der Waals surface area (Å²) >= 11 is 1.59. The number of nitrogens with one attached hydrogen (secondary N) is 1. The number of carbonyl (C=O) groups is 1. The van der Waals surface area contributed by atoms with E-state index in [0.29, 0.717) is 0 Å². The molecule has 0 aromatic carbocycles. The van der Waals surface area contributed by atoms with Gasteiger partial charge in [0.2, 0.25) is 5.91 Å². The molecular weight excluding hydrogens is 208 g/mol. The van der Waals surface area contributed by atoms with Crippen LogP contribution in [0.2, 0.25) is 0 Å². The zero-order valence-corrected chi connectivity index (χ0v) is 9.89. The van der Waals surface area contributed by atoms with Crippen molar-refractivity contribution in [2.75, 3.05) is 0 Å². The molecule has 1 aromatic heterocycles. The zero-order chi connectivity index (χ0) is 11.5. The molecule has 1 atom stereocenters. The first-order valence-corrected chi connectivity index (χ1v) is 5.61. The fourth-order valence-electron chi connectivity index (χ4n) is 1.04. The third-order valence-corrected chi connectivity index (χ3v) is 3.22. The van der Waals surface area contributed by atoms with Crippen molar-refractivity contribution in [1.29, 1.82) is 5.26 Å². The number of hydrogen-bond acceptors (Lipinski definition) is 3. The largest absolute Gasteiger partial charge is 0.347 e. The highest BCUT2D eigenvalue weighted by atomic mass is 32.1. The normalized spacial score (nSPS) is 12.9. The van der Waals surface area contributed by atoms with Gasteiger partial charge < -0.3 is 5.32 Å². The van der Waals surface area contributed by atoms with Crippen molar-refractivity contribution in [3.05, 3.63) is 22.4 Å². The molecule has 0 aliphatic heterocycles. The van der Waals surface area contributed by atoms with E-state index in [0.717, 1.165) is 4.88 Å². The highest BCUT2D eigenvalue weighted by Crippen LogP contribution is 2.21. The van der Waals surface area contributed by atoms with Crippen LogP contribution < -0.4 is 5.32 Å². The van der Waals surface area contributed by atoms with Crippen LogP contribution in [0.25, 0.3) is 0 Å². The van der Waals surface area contributed by atoms with Crippen molar-refractivity contribution in [3.63, 3.8) is 0 Å². The predicted molar refractivity (Wildman–Crippen MR) is 60.3 cm³/mol. The smallest absolute Gasteiger partial charge is 0.240 e. The summed E-state index contributed by atoms with van der Waals surface area (Å²) in [7, 11) is 0. The van der Waals surface area contributed by atoms with Crippen molar-refractivity contribution < 1.29 is 4.79 Å². The molecule has 1 unspecified atom stereocenters. The van der Waals surface area contributed by atoms with Gasteiger partial charge in [0.1, 0.15) is 5.41 Å². The number of nitriles is 1. The van der Waals surface area contributed by atoms with Gasteiger partial charge in [0.25, 0.3) is 0 Å². The Kier molecular flexibility index (Phi) is 3.48. The first-order valence-electron chi connectivity index (χ1n) is 4.73. The van der Waals surface area contributed by atoms with Gasteiger partial charge in [-0.05, 0) is 32.2 Å². The van der Waals surface area contributed by atoms with E-state index in [1.165, 1.54) is 0 Å². The molecule has 3 nitrogen and oxygen atoms in total. The third kappa shape index (κ3) is 2.80. The maximum absolute atomic E-state index is 11.7. The van der Waals surface area contributed by atoms with Crippen LogP contribution in [0.5, 0.6) is 0 Å². The number of amides is 1. The van der Waals surface area contributed by atoms with Crippen LogP contribution in [-0.2, 0) is 4.79 Å². The van der Waals surface area contributed by atoms with Gasteiger partial charge in [0.15, 0.2) is 0 Å². The van der Waals surface area contributed by atoms with E-state index in [1.807, 2.05) is 30.5 Å². The van der Waals surface area contributed by atoms with E-state index in [1.54, 1.807) is 25.2 Å². The zero-order valence-electron chi connectivity index (χ0n) is 9.07. The van der Waals surface area contributed by atoms with Gasteiger partial charge in [-0.15, -0.1) is 11.3 Å². The number of rotatable bonds is 3. The lowest BCUT2D eigenvalue weighted by Crippen LogP contribution is -2.37. The second-order valence-electron chi connectivity index (χ2n) is 3.95. The van der Waals surface area contributed by atoms with Crippen molar-refractivity contribution in [3.8, 4) is 6.07 Å². The molecule has 0 saturated heterocycles. The number of carbonyl (C=O) groups excluding carboxylic acids is 1. The molecule has 1 amide bonds. The minimum absolute atomic E-state index is 0.0369. The average Bonchev–Trinajstić information content (AvgIpc) is 2.70. The maximum Gasteiger partial charge on any atom is 0.240 e. The van der Waals surface area contributed by atoms with E-state index < -0.39 is 5.41 Å². The van der Waals surface area contributed by atoms with E-state index >= 15 is 0 Å². The molecule has 1 rings (SSSR count). The van der Waals surface area contributed by atoms with Gasteiger partial charge in [-0.25, -0.2) is 0 Å². The molecule has 0 fully saturated rings. The van der Waals surface area contributed by atoms with Crippen LogP contribution >= 0.6 is 11.3 Å². The third-order valence-electron chi connectivity index (χ3n) is 2.16. The molecule has 0 spiro atoms. The number of nitrogens with zero attached hydrogens (tertiary/aromatic N) is 1. The van der Waals surface area contributed by atoms with Crippen molar-refractivity contribution in [2.45, 2.75) is 26.8 Å². The van der Waals surface area contributed by atoms with Crippen LogP contribution in [0.4, 0.5) is 0 Å². The molecule has 15 heavy (non-hydrogen) atoms. The first-order chi connectivity index (χ1) is 6.97. The molecule has 1 aromatic rings. The first kappa shape index (κ1) is 11.7. The summed E-state index contributed by atoms with van der Waals surface area (Å²) in [6.07, 6.45) is 0. The lowest BCUT2D eigenvalue weighted by atomic mass is 9.94. The molecule has 1 N–H and O–H groups in total. The summed E-state index contributed by atoms with van der Waals surface area (Å²) in [5, 5.41) is 13.6. The molecule has 0 saturated carbocycles. The topological polar surface area (TPSA) is 52.9 Å². The summed E-state index contributed by atoms with van der Waals surface area (Å²) in [5.74, 6) is -0.231. The number of hydrogen-bond donors (Lipinski definition) is 1. The minimum atomic E-state index is -0.967. The van der Waals surface area contributed by atoms with Gasteiger partial charge in [-0.1, -0.05) is 6.07 Å². The average molecular weight is 222 g/mol. The highest BCUT2D eigenvalue weighted by molar-refractivity contribution is 7.10. The fourth-order valence-corrected chi connectivity index (χ4v) is 1.77. The fraction of sp³-hybridized carbons (Fsp3) is 0.455. The van der Waals surface area contributed by atoms with Crippen molar-refractivity contribution in [2.24, 2.45) is 5.41 Å². The maximum atomic E-state index is 11.7. The minimum Gasteiger partial charge on any atom is -0.347 e. The molecule has 4 heteroatoms. The summed E-state index contributed by atoms with van der Waals surface area (Å²) in [6, 6.07) is 5.86. The van der Waals surface area contributed by atoms with Crippen LogP contribution in [0.15, 0.2) is 17.5 Å². The van der Waals surface area contributed by atoms with Crippen LogP contribution in [0.3, 0.4) is 0 Å². The Morgan fingerprint density at radius 3 is 2.80 bits per heavy atom. The summed E-state index contributed by atoms with van der Waals surface area (Å²) in [6.45, 7) is 5.14. The SMILES string of the molecule is CC(NC(=O)C(C)(C)C#N)c1cccs1. The van der Waals surface area contributed by atoms with E-state index in [9.17, 15) is 4.79 Å². The standard InChI is InChI=1S/C11H14N2OS/c1-8(9-5-4-6-15-9)13-10(14)11(2,3)7-12/h4-6,8H,1-3H3,(H,13,14). The van der Waals surface area contributed by atoms with Crippen LogP contribution in [-0.4, -0.2) is 5.91 Å². The second-order valence-corrected chi connectivity index (χ2v) is 4.93. The van der Waals surface area contributed by atoms with Crippen molar-refractivity contribution >= 4 is 17.2 Å². The summed E-state index contributed by atoms with van der Waals surface area (Å²) in [4.78, 5) is 12.8. The Hall–Kier alpha value is -1.34. The van der Waals surface area contributed by atoms with E-state index in [2.05, 4.69) is 5.32 Å². The van der Waals surface area contributed by atoms with E-state index in [4.69, 9.17) is 5.26 Å². The van der Waals surface area contributed by atoms with Gasteiger partial charge >= 0.3 is 0 Å². The molecule has 0 bridgehead atoms. The van der Waals surface area contributed by atoms with Gasteiger partial charge in [-0.3, -0.25) is 4.79 Å². The molecule has 0 radical (unpaired) electrons. The molecular formula is C11H14N2OS. The Bertz CT molecular complexity index is 376. The van der Waals surface area contributed by atoms with E-state index in [-0.39, 0.29) is 11.9 Å². The Morgan fingerprint density at radius 1 is 1.67 bits per heavy atom. The van der Waals surface area contributed by atoms with Crippen molar-refractivity contribution in [1.82, 2.24) is 5.32 Å². The van der Waals surface area contributed by atoms with Crippen LogP contribution in [0.1, 0.15) is 31.7 Å². The summed E-state index contributed by atoms with van der Waals surface area (Å²) in [5.41, 5.74) is -0.967. The summed E-state index contributed by atoms with van der Waals surface area (Å²) < 4.78 is 0. The monoisotopic (exact) mass is 222 g/mol. The lowest BCUT2D eigenvalue weighted by molar-refractivity contribution is -0.127. The second kappa shape index (κ2) is 4.45. The quantitative estimate of drug-likeness (QED) is 0.854. The molecule has 0 aliphatic carbocycles. The Balaban J connectivity index is 2.65. The molecule has 1 heterocycles. The van der Waals surface area contributed by atoms with Gasteiger partial charge in [-0.2, -0.15) is 5.26 Å². The molecule has 0 aliphatic rings. The number of thiophene rings is 1. The lowest BCUT2D eigenvalue weighted by Gasteiger charge is -2.18. The van der Waals surface area contributed by atoms with Gasteiger partial charge in [0, 0.05) is 4.88 Å².